The molecule has 0 spiro atoms. The predicted molar refractivity (Wildman–Crippen MR) is 56.5 cm³/mol. The number of anilines is 1. The summed E-state index contributed by atoms with van der Waals surface area (Å²) in [4.78, 5) is 15.8. The summed E-state index contributed by atoms with van der Waals surface area (Å²) in [7, 11) is 0. The fraction of sp³-hybridized carbons (Fsp3) is 0.500. The summed E-state index contributed by atoms with van der Waals surface area (Å²) in [5, 5.41) is 0. The van der Waals surface area contributed by atoms with Crippen LogP contribution in [-0.2, 0) is 0 Å². The lowest BCUT2D eigenvalue weighted by molar-refractivity contribution is 0.501. The van der Waals surface area contributed by atoms with Crippen LogP contribution in [0, 0.1) is 0 Å². The van der Waals surface area contributed by atoms with E-state index in [2.05, 4.69) is 9.88 Å². The summed E-state index contributed by atoms with van der Waals surface area (Å²) in [6, 6.07) is 3.76. The Hall–Kier alpha value is -1.29. The minimum absolute atomic E-state index is 0.0533. The van der Waals surface area contributed by atoms with E-state index in [1.807, 2.05) is 6.07 Å². The second kappa shape index (κ2) is 3.84. The summed E-state index contributed by atoms with van der Waals surface area (Å²) < 4.78 is 0. The Morgan fingerprint density at radius 3 is 2.64 bits per heavy atom. The third-order valence-electron chi connectivity index (χ3n) is 2.67. The van der Waals surface area contributed by atoms with Gasteiger partial charge in [-0.15, -0.1) is 0 Å². The maximum atomic E-state index is 10.9. The van der Waals surface area contributed by atoms with Gasteiger partial charge in [0.1, 0.15) is 0 Å². The molecule has 1 aromatic heterocycles. The van der Waals surface area contributed by atoms with E-state index >= 15 is 0 Å². The maximum Gasteiger partial charge on any atom is 0.248 e. The number of piperidine rings is 1. The van der Waals surface area contributed by atoms with Gasteiger partial charge in [0.05, 0.1) is 5.69 Å². The van der Waals surface area contributed by atoms with Crippen LogP contribution in [0.1, 0.15) is 12.8 Å². The second-order valence-corrected chi connectivity index (χ2v) is 3.74. The molecule has 4 nitrogen and oxygen atoms in total. The van der Waals surface area contributed by atoms with Gasteiger partial charge in [-0.3, -0.25) is 4.79 Å². The van der Waals surface area contributed by atoms with Crippen LogP contribution in [0.3, 0.4) is 0 Å². The van der Waals surface area contributed by atoms with Crippen LogP contribution in [0.25, 0.3) is 0 Å². The Morgan fingerprint density at radius 2 is 2.07 bits per heavy atom. The Balaban J connectivity index is 2.08. The molecule has 0 saturated carbocycles. The van der Waals surface area contributed by atoms with Crippen molar-refractivity contribution in [2.24, 2.45) is 5.73 Å². The van der Waals surface area contributed by atoms with Gasteiger partial charge in [0.25, 0.3) is 0 Å². The Labute approximate surface area is 82.7 Å². The predicted octanol–water partition coefficient (Wildman–Crippen LogP) is 0.302. The number of nitrogens with zero attached hydrogens (tertiary/aromatic N) is 1. The molecule has 3 N–H and O–H groups in total. The summed E-state index contributed by atoms with van der Waals surface area (Å²) in [6.45, 7) is 1.96. The first-order valence-corrected chi connectivity index (χ1v) is 4.95. The first-order valence-electron chi connectivity index (χ1n) is 4.95. The highest BCUT2D eigenvalue weighted by molar-refractivity contribution is 5.43. The number of nitrogens with two attached hydrogens (primary N) is 1. The fourth-order valence-electron chi connectivity index (χ4n) is 1.76. The lowest BCUT2D eigenvalue weighted by atomic mass is 10.1. The molecule has 0 unspecified atom stereocenters. The topological polar surface area (TPSA) is 62.1 Å². The van der Waals surface area contributed by atoms with E-state index in [0.717, 1.165) is 31.6 Å². The molecule has 2 heterocycles. The van der Waals surface area contributed by atoms with Crippen LogP contribution in [0.2, 0.25) is 0 Å². The summed E-state index contributed by atoms with van der Waals surface area (Å²) in [6.07, 6.45) is 3.82. The standard InChI is InChI=1S/C10H15N3O/c11-8-3-5-13(6-4-8)9-1-2-10(14)12-7-9/h1-2,7-8H,3-6,11H2,(H,12,14). The molecule has 1 aliphatic heterocycles. The molecule has 14 heavy (non-hydrogen) atoms. The van der Waals surface area contributed by atoms with Crippen molar-refractivity contribution in [3.8, 4) is 0 Å². The van der Waals surface area contributed by atoms with Gasteiger partial charge in [0, 0.05) is 31.4 Å². The third-order valence-corrected chi connectivity index (χ3v) is 2.67. The molecule has 0 aromatic carbocycles. The van der Waals surface area contributed by atoms with Gasteiger partial charge in [-0.25, -0.2) is 0 Å². The van der Waals surface area contributed by atoms with E-state index in [-0.39, 0.29) is 5.56 Å². The lowest BCUT2D eigenvalue weighted by Gasteiger charge is -2.31. The molecule has 0 aliphatic carbocycles. The average molecular weight is 193 g/mol. The Bertz CT molecular complexity index is 332. The van der Waals surface area contributed by atoms with Crippen molar-refractivity contribution in [2.75, 3.05) is 18.0 Å². The highest BCUT2D eigenvalue weighted by Crippen LogP contribution is 2.16. The van der Waals surface area contributed by atoms with Crippen molar-refractivity contribution in [2.45, 2.75) is 18.9 Å². The van der Waals surface area contributed by atoms with Crippen LogP contribution in [-0.4, -0.2) is 24.1 Å². The first kappa shape index (κ1) is 9.27. The highest BCUT2D eigenvalue weighted by atomic mass is 16.1. The molecule has 0 atom stereocenters. The summed E-state index contributed by atoms with van der Waals surface area (Å²) in [5.74, 6) is 0. The molecular weight excluding hydrogens is 178 g/mol. The molecule has 0 amide bonds. The molecule has 0 radical (unpaired) electrons. The number of rotatable bonds is 1. The van der Waals surface area contributed by atoms with Gasteiger partial charge >= 0.3 is 0 Å². The summed E-state index contributed by atoms with van der Waals surface area (Å²) in [5.41, 5.74) is 6.84. The van der Waals surface area contributed by atoms with E-state index in [4.69, 9.17) is 5.73 Å². The quantitative estimate of drug-likeness (QED) is 0.674. The minimum Gasteiger partial charge on any atom is -0.370 e. The molecule has 1 aliphatic rings. The lowest BCUT2D eigenvalue weighted by Crippen LogP contribution is -2.39. The number of aromatic amines is 1. The SMILES string of the molecule is NC1CCN(c2ccc(=O)[nH]c2)CC1. The summed E-state index contributed by atoms with van der Waals surface area (Å²) >= 11 is 0. The Morgan fingerprint density at radius 1 is 1.36 bits per heavy atom. The average Bonchev–Trinajstić information content (AvgIpc) is 2.21. The van der Waals surface area contributed by atoms with Crippen LogP contribution in [0.15, 0.2) is 23.1 Å². The molecule has 2 rings (SSSR count). The van der Waals surface area contributed by atoms with Crippen molar-refractivity contribution in [1.29, 1.82) is 0 Å². The zero-order valence-electron chi connectivity index (χ0n) is 8.07. The monoisotopic (exact) mass is 193 g/mol. The van der Waals surface area contributed by atoms with Crippen molar-refractivity contribution in [1.82, 2.24) is 4.98 Å². The van der Waals surface area contributed by atoms with Crippen LogP contribution in [0.5, 0.6) is 0 Å². The number of hydrogen-bond donors (Lipinski definition) is 2. The minimum atomic E-state index is -0.0533. The maximum absolute atomic E-state index is 10.9. The van der Waals surface area contributed by atoms with Crippen molar-refractivity contribution >= 4 is 5.69 Å². The molecule has 1 fully saturated rings. The normalized spacial score (nSPS) is 18.5. The second-order valence-electron chi connectivity index (χ2n) is 3.74. The van der Waals surface area contributed by atoms with Crippen LogP contribution >= 0.6 is 0 Å². The van der Waals surface area contributed by atoms with Gasteiger partial charge in [0.15, 0.2) is 0 Å². The third kappa shape index (κ3) is 1.96. The molecule has 0 bridgehead atoms. The number of H-pyrrole nitrogens is 1. The number of aromatic nitrogens is 1. The Kier molecular flexibility index (Phi) is 2.54. The van der Waals surface area contributed by atoms with E-state index in [9.17, 15) is 4.79 Å². The van der Waals surface area contributed by atoms with Gasteiger partial charge in [0.2, 0.25) is 5.56 Å². The van der Waals surface area contributed by atoms with E-state index < -0.39 is 0 Å². The largest absolute Gasteiger partial charge is 0.370 e. The molecule has 1 saturated heterocycles. The van der Waals surface area contributed by atoms with Crippen molar-refractivity contribution in [3.05, 3.63) is 28.7 Å². The van der Waals surface area contributed by atoms with Gasteiger partial charge in [-0.1, -0.05) is 0 Å². The van der Waals surface area contributed by atoms with Crippen molar-refractivity contribution < 1.29 is 0 Å². The molecular formula is C10H15N3O. The molecule has 76 valence electrons. The smallest absolute Gasteiger partial charge is 0.248 e. The number of nitrogens with one attached hydrogen (secondary N) is 1. The van der Waals surface area contributed by atoms with Crippen LogP contribution < -0.4 is 16.2 Å². The van der Waals surface area contributed by atoms with Crippen LogP contribution in [0.4, 0.5) is 5.69 Å². The fourth-order valence-corrected chi connectivity index (χ4v) is 1.76. The molecule has 4 heteroatoms. The van der Waals surface area contributed by atoms with E-state index in [1.54, 1.807) is 12.3 Å². The zero-order chi connectivity index (χ0) is 9.97. The first-order chi connectivity index (χ1) is 6.75. The van der Waals surface area contributed by atoms with Gasteiger partial charge in [-0.2, -0.15) is 0 Å². The zero-order valence-corrected chi connectivity index (χ0v) is 8.07. The highest BCUT2D eigenvalue weighted by Gasteiger charge is 2.15. The molecule has 1 aromatic rings. The number of hydrogen-bond acceptors (Lipinski definition) is 3. The van der Waals surface area contributed by atoms with Gasteiger partial charge in [-0.05, 0) is 18.9 Å². The van der Waals surface area contributed by atoms with E-state index in [0.29, 0.717) is 6.04 Å². The van der Waals surface area contributed by atoms with Crippen molar-refractivity contribution in [3.63, 3.8) is 0 Å². The van der Waals surface area contributed by atoms with E-state index in [1.165, 1.54) is 0 Å². The van der Waals surface area contributed by atoms with Gasteiger partial charge < -0.3 is 15.6 Å². The number of pyridine rings is 1.